The fourth-order valence-corrected chi connectivity index (χ4v) is 6.12. The predicted molar refractivity (Wildman–Crippen MR) is 133 cm³/mol. The second kappa shape index (κ2) is 11.3. The monoisotopic (exact) mass is 486 g/mol. The molecule has 0 unspecified atom stereocenters. The van der Waals surface area contributed by atoms with Crippen molar-refractivity contribution in [1.29, 1.82) is 0 Å². The van der Waals surface area contributed by atoms with Crippen LogP contribution in [0.15, 0.2) is 48.5 Å². The summed E-state index contributed by atoms with van der Waals surface area (Å²) in [4.78, 5) is 14.8. The first-order chi connectivity index (χ1) is 16.5. The van der Waals surface area contributed by atoms with Gasteiger partial charge in [-0.2, -0.15) is 17.0 Å². The van der Waals surface area contributed by atoms with E-state index >= 15 is 0 Å². The molecule has 0 spiro atoms. The standard InChI is InChI=1S/C25H34N4O4S/c1-33-24-12-10-23(11-13-24)26-25(30)22-8-6-21(7-9-22)20-27-16-18-29(19-17-27)34(31,32)28-14-4-2-3-5-15-28/h6-13H,2-5,14-20H2,1H3,(H,26,30). The van der Waals surface area contributed by atoms with Crippen LogP contribution in [0.5, 0.6) is 5.75 Å². The number of methoxy groups -OCH3 is 1. The molecular formula is C25H34N4O4S. The van der Waals surface area contributed by atoms with Gasteiger partial charge in [0.2, 0.25) is 0 Å². The van der Waals surface area contributed by atoms with Crippen LogP contribution in [0.3, 0.4) is 0 Å². The SMILES string of the molecule is COc1ccc(NC(=O)c2ccc(CN3CCN(S(=O)(=O)N4CCCCCC4)CC3)cc2)cc1. The van der Waals surface area contributed by atoms with E-state index in [1.807, 2.05) is 24.3 Å². The van der Waals surface area contributed by atoms with Gasteiger partial charge in [-0.15, -0.1) is 0 Å². The van der Waals surface area contributed by atoms with Crippen molar-refractivity contribution in [3.63, 3.8) is 0 Å². The molecule has 0 aliphatic carbocycles. The van der Waals surface area contributed by atoms with E-state index in [4.69, 9.17) is 4.74 Å². The van der Waals surface area contributed by atoms with Gasteiger partial charge in [0.05, 0.1) is 7.11 Å². The van der Waals surface area contributed by atoms with E-state index in [1.54, 1.807) is 40.0 Å². The van der Waals surface area contributed by atoms with E-state index < -0.39 is 10.2 Å². The lowest BCUT2D eigenvalue weighted by atomic mass is 10.1. The van der Waals surface area contributed by atoms with Gasteiger partial charge in [-0.1, -0.05) is 25.0 Å². The van der Waals surface area contributed by atoms with Crippen molar-refractivity contribution in [2.75, 3.05) is 51.7 Å². The molecule has 2 aromatic rings. The molecule has 2 aliphatic heterocycles. The summed E-state index contributed by atoms with van der Waals surface area (Å²) in [6.07, 6.45) is 4.13. The molecule has 9 heteroatoms. The highest BCUT2D eigenvalue weighted by Gasteiger charge is 2.32. The summed E-state index contributed by atoms with van der Waals surface area (Å²) in [5, 5.41) is 2.89. The van der Waals surface area contributed by atoms with Gasteiger partial charge < -0.3 is 10.1 Å². The molecule has 2 aliphatic rings. The average Bonchev–Trinajstić information content (AvgIpc) is 3.16. The quantitative estimate of drug-likeness (QED) is 0.650. The first kappa shape index (κ1) is 24.7. The highest BCUT2D eigenvalue weighted by atomic mass is 32.2. The van der Waals surface area contributed by atoms with Crippen molar-refractivity contribution in [2.24, 2.45) is 0 Å². The number of carbonyl (C=O) groups excluding carboxylic acids is 1. The van der Waals surface area contributed by atoms with Crippen LogP contribution in [0.2, 0.25) is 0 Å². The highest BCUT2D eigenvalue weighted by Crippen LogP contribution is 2.19. The first-order valence-electron chi connectivity index (χ1n) is 12.0. The summed E-state index contributed by atoms with van der Waals surface area (Å²) in [6.45, 7) is 4.45. The van der Waals surface area contributed by atoms with Gasteiger partial charge in [0.1, 0.15) is 5.75 Å². The number of anilines is 1. The molecule has 184 valence electrons. The first-order valence-corrected chi connectivity index (χ1v) is 13.4. The zero-order valence-electron chi connectivity index (χ0n) is 19.8. The van der Waals surface area contributed by atoms with Gasteiger partial charge in [0, 0.05) is 57.1 Å². The molecule has 0 saturated carbocycles. The third-order valence-corrected chi connectivity index (χ3v) is 8.55. The van der Waals surface area contributed by atoms with Crippen LogP contribution in [0.25, 0.3) is 0 Å². The molecule has 34 heavy (non-hydrogen) atoms. The van der Waals surface area contributed by atoms with Crippen molar-refractivity contribution in [3.05, 3.63) is 59.7 Å². The Labute approximate surface area is 202 Å². The number of benzene rings is 2. The molecule has 8 nitrogen and oxygen atoms in total. The third kappa shape index (κ3) is 6.15. The molecule has 0 bridgehead atoms. The zero-order chi connectivity index (χ0) is 24.0. The molecule has 4 rings (SSSR count). The highest BCUT2D eigenvalue weighted by molar-refractivity contribution is 7.86. The lowest BCUT2D eigenvalue weighted by molar-refractivity contribution is 0.102. The molecule has 2 heterocycles. The van der Waals surface area contributed by atoms with Gasteiger partial charge in [0.15, 0.2) is 0 Å². The van der Waals surface area contributed by atoms with E-state index in [9.17, 15) is 13.2 Å². The Morgan fingerprint density at radius 2 is 1.41 bits per heavy atom. The summed E-state index contributed by atoms with van der Waals surface area (Å²) in [7, 11) is -1.76. The van der Waals surface area contributed by atoms with Crippen molar-refractivity contribution >= 4 is 21.8 Å². The van der Waals surface area contributed by atoms with E-state index in [0.717, 1.165) is 43.5 Å². The summed E-state index contributed by atoms with van der Waals surface area (Å²) in [5.74, 6) is 0.576. The molecule has 2 aromatic carbocycles. The van der Waals surface area contributed by atoms with Crippen LogP contribution in [-0.4, -0.2) is 74.2 Å². The van der Waals surface area contributed by atoms with Crippen LogP contribution in [0.1, 0.15) is 41.6 Å². The minimum absolute atomic E-state index is 0.163. The van der Waals surface area contributed by atoms with Crippen LogP contribution < -0.4 is 10.1 Å². The van der Waals surface area contributed by atoms with Gasteiger partial charge in [0.25, 0.3) is 16.1 Å². The smallest absolute Gasteiger partial charge is 0.282 e. The molecule has 2 fully saturated rings. The molecular weight excluding hydrogens is 452 g/mol. The Hall–Kier alpha value is -2.46. The maximum absolute atomic E-state index is 13.0. The van der Waals surface area contributed by atoms with Gasteiger partial charge in [-0.25, -0.2) is 0 Å². The second-order valence-electron chi connectivity index (χ2n) is 8.88. The van der Waals surface area contributed by atoms with Gasteiger partial charge in [-0.3, -0.25) is 9.69 Å². The van der Waals surface area contributed by atoms with Crippen molar-refractivity contribution < 1.29 is 17.9 Å². The van der Waals surface area contributed by atoms with E-state index in [2.05, 4.69) is 10.2 Å². The molecule has 1 N–H and O–H groups in total. The number of nitrogens with zero attached hydrogens (tertiary/aromatic N) is 3. The number of hydrogen-bond acceptors (Lipinski definition) is 5. The molecule has 1 amide bonds. The minimum Gasteiger partial charge on any atom is -0.497 e. The zero-order valence-corrected chi connectivity index (χ0v) is 20.6. The minimum atomic E-state index is -3.36. The fourth-order valence-electron chi connectivity index (χ4n) is 4.45. The van der Waals surface area contributed by atoms with Crippen LogP contribution in [0, 0.1) is 0 Å². The van der Waals surface area contributed by atoms with E-state index in [1.165, 1.54) is 0 Å². The van der Waals surface area contributed by atoms with Crippen molar-refractivity contribution in [2.45, 2.75) is 32.2 Å². The van der Waals surface area contributed by atoms with E-state index in [-0.39, 0.29) is 5.91 Å². The number of nitrogens with one attached hydrogen (secondary N) is 1. The molecule has 2 saturated heterocycles. The largest absolute Gasteiger partial charge is 0.497 e. The maximum Gasteiger partial charge on any atom is 0.282 e. The summed E-state index contributed by atoms with van der Waals surface area (Å²) in [6, 6.07) is 14.8. The summed E-state index contributed by atoms with van der Waals surface area (Å²) < 4.78 is 34.5. The Bertz CT molecular complexity index is 1040. The summed E-state index contributed by atoms with van der Waals surface area (Å²) >= 11 is 0. The number of hydrogen-bond donors (Lipinski definition) is 1. The van der Waals surface area contributed by atoms with E-state index in [0.29, 0.717) is 50.5 Å². The molecule has 0 aromatic heterocycles. The maximum atomic E-state index is 13.0. The van der Waals surface area contributed by atoms with Crippen LogP contribution in [0.4, 0.5) is 5.69 Å². The third-order valence-electron chi connectivity index (χ3n) is 6.52. The Kier molecular flexibility index (Phi) is 8.20. The fraction of sp³-hybridized carbons (Fsp3) is 0.480. The van der Waals surface area contributed by atoms with Crippen molar-refractivity contribution in [1.82, 2.24) is 13.5 Å². The Balaban J connectivity index is 1.27. The number of ether oxygens (including phenoxy) is 1. The predicted octanol–water partition coefficient (Wildman–Crippen LogP) is 3.19. The van der Waals surface area contributed by atoms with Crippen LogP contribution in [-0.2, 0) is 16.8 Å². The van der Waals surface area contributed by atoms with Gasteiger partial charge in [-0.05, 0) is 54.8 Å². The Morgan fingerprint density at radius 3 is 2.00 bits per heavy atom. The summed E-state index contributed by atoms with van der Waals surface area (Å²) in [5.41, 5.74) is 2.40. The lowest BCUT2D eigenvalue weighted by Gasteiger charge is -2.36. The molecule has 0 atom stereocenters. The van der Waals surface area contributed by atoms with Gasteiger partial charge >= 0.3 is 0 Å². The van der Waals surface area contributed by atoms with Crippen molar-refractivity contribution in [3.8, 4) is 5.75 Å². The average molecular weight is 487 g/mol. The number of piperazine rings is 1. The molecule has 0 radical (unpaired) electrons. The number of rotatable bonds is 7. The lowest BCUT2D eigenvalue weighted by Crippen LogP contribution is -2.52. The number of amides is 1. The van der Waals surface area contributed by atoms with Crippen LogP contribution >= 0.6 is 0 Å². The number of carbonyl (C=O) groups is 1. The second-order valence-corrected chi connectivity index (χ2v) is 10.8. The topological polar surface area (TPSA) is 82.2 Å². The Morgan fingerprint density at radius 1 is 0.824 bits per heavy atom. The normalized spacial score (nSPS) is 18.9.